The van der Waals surface area contributed by atoms with Gasteiger partial charge in [-0.05, 0) is 30.7 Å². The number of nitrogens with one attached hydrogen (secondary N) is 2. The molecule has 1 aromatic heterocycles. The number of nitrogens with zero attached hydrogens (tertiary/aromatic N) is 2. The third-order valence-electron chi connectivity index (χ3n) is 3.92. The van der Waals surface area contributed by atoms with E-state index in [0.29, 0.717) is 12.4 Å². The van der Waals surface area contributed by atoms with E-state index in [-0.39, 0.29) is 17.2 Å². The van der Waals surface area contributed by atoms with Crippen molar-refractivity contribution in [3.63, 3.8) is 0 Å². The number of nitrogens with two attached hydrogens (primary N) is 1. The standard InChI is InChI=1S/C19H18F3N5/c1-12-5-7-13(8-6-12)10-24-17-16(23)18(26-11-25-17)27-15-4-2-3-14(9-15)19(20,21)22/h2-9,11H,10,23H2,1H3,(H2,24,25,26,27). The zero-order valence-corrected chi connectivity index (χ0v) is 14.5. The third kappa shape index (κ3) is 4.66. The van der Waals surface area contributed by atoms with Crippen LogP contribution in [-0.2, 0) is 12.7 Å². The van der Waals surface area contributed by atoms with Gasteiger partial charge in [0.2, 0.25) is 0 Å². The van der Waals surface area contributed by atoms with Crippen molar-refractivity contribution in [3.05, 3.63) is 71.5 Å². The number of alkyl halides is 3. The van der Waals surface area contributed by atoms with Crippen LogP contribution < -0.4 is 16.4 Å². The molecule has 0 saturated carbocycles. The van der Waals surface area contributed by atoms with E-state index in [0.717, 1.165) is 23.3 Å². The highest BCUT2D eigenvalue weighted by molar-refractivity contribution is 5.77. The van der Waals surface area contributed by atoms with E-state index < -0.39 is 11.7 Å². The molecule has 0 fully saturated rings. The normalized spacial score (nSPS) is 11.3. The fourth-order valence-corrected chi connectivity index (χ4v) is 2.44. The number of benzene rings is 2. The first-order chi connectivity index (χ1) is 12.8. The summed E-state index contributed by atoms with van der Waals surface area (Å²) in [7, 11) is 0. The molecule has 1 heterocycles. The quantitative estimate of drug-likeness (QED) is 0.602. The van der Waals surface area contributed by atoms with E-state index >= 15 is 0 Å². The van der Waals surface area contributed by atoms with Gasteiger partial charge in [0.25, 0.3) is 0 Å². The second-order valence-corrected chi connectivity index (χ2v) is 6.03. The average molecular weight is 373 g/mol. The highest BCUT2D eigenvalue weighted by Gasteiger charge is 2.30. The molecule has 0 amide bonds. The van der Waals surface area contributed by atoms with Crippen LogP contribution in [0.3, 0.4) is 0 Å². The predicted octanol–water partition coefficient (Wildman–Crippen LogP) is 4.74. The summed E-state index contributed by atoms with van der Waals surface area (Å²) >= 11 is 0. The molecular formula is C19H18F3N5. The van der Waals surface area contributed by atoms with E-state index in [1.807, 2.05) is 31.2 Å². The van der Waals surface area contributed by atoms with Gasteiger partial charge in [0.15, 0.2) is 11.6 Å². The second-order valence-electron chi connectivity index (χ2n) is 6.03. The Morgan fingerprint density at radius 3 is 2.41 bits per heavy atom. The lowest BCUT2D eigenvalue weighted by Gasteiger charge is -2.14. The number of aromatic nitrogens is 2. The number of nitrogen functional groups attached to an aromatic ring is 1. The van der Waals surface area contributed by atoms with Crippen LogP contribution in [0.2, 0.25) is 0 Å². The summed E-state index contributed by atoms with van der Waals surface area (Å²) in [6.45, 7) is 2.51. The summed E-state index contributed by atoms with van der Waals surface area (Å²) in [5, 5.41) is 5.93. The van der Waals surface area contributed by atoms with Crippen LogP contribution in [0.4, 0.5) is 36.2 Å². The molecule has 0 spiro atoms. The van der Waals surface area contributed by atoms with Crippen LogP contribution in [0.15, 0.2) is 54.9 Å². The lowest BCUT2D eigenvalue weighted by atomic mass is 10.1. The molecule has 0 unspecified atom stereocenters. The summed E-state index contributed by atoms with van der Waals surface area (Å²) in [5.41, 5.74) is 7.99. The molecular weight excluding hydrogens is 355 g/mol. The SMILES string of the molecule is Cc1ccc(CNc2ncnc(Nc3cccc(C(F)(F)F)c3)c2N)cc1. The molecule has 8 heteroatoms. The molecule has 0 aliphatic carbocycles. The van der Waals surface area contributed by atoms with Crippen LogP contribution in [0.25, 0.3) is 0 Å². The number of hydrogen-bond acceptors (Lipinski definition) is 5. The molecule has 3 rings (SSSR count). The molecule has 0 radical (unpaired) electrons. The number of hydrogen-bond donors (Lipinski definition) is 3. The van der Waals surface area contributed by atoms with Crippen LogP contribution in [0.1, 0.15) is 16.7 Å². The zero-order valence-electron chi connectivity index (χ0n) is 14.5. The minimum Gasteiger partial charge on any atom is -0.393 e. The topological polar surface area (TPSA) is 75.9 Å². The number of anilines is 4. The summed E-state index contributed by atoms with van der Waals surface area (Å²) in [5.74, 6) is 0.635. The van der Waals surface area contributed by atoms with Crippen molar-refractivity contribution in [1.29, 1.82) is 0 Å². The molecule has 0 bridgehead atoms. The molecule has 2 aromatic carbocycles. The fraction of sp³-hybridized carbons (Fsp3) is 0.158. The smallest absolute Gasteiger partial charge is 0.393 e. The lowest BCUT2D eigenvalue weighted by Crippen LogP contribution is -2.09. The molecule has 0 aliphatic rings. The highest BCUT2D eigenvalue weighted by Crippen LogP contribution is 2.32. The maximum absolute atomic E-state index is 12.8. The average Bonchev–Trinajstić information content (AvgIpc) is 2.63. The molecule has 140 valence electrons. The first-order valence-corrected chi connectivity index (χ1v) is 8.17. The van der Waals surface area contributed by atoms with Crippen LogP contribution >= 0.6 is 0 Å². The minimum atomic E-state index is -4.42. The van der Waals surface area contributed by atoms with E-state index in [1.54, 1.807) is 0 Å². The van der Waals surface area contributed by atoms with Crippen molar-refractivity contribution in [2.45, 2.75) is 19.6 Å². The Bertz CT molecular complexity index is 923. The van der Waals surface area contributed by atoms with Gasteiger partial charge < -0.3 is 16.4 Å². The van der Waals surface area contributed by atoms with Gasteiger partial charge >= 0.3 is 6.18 Å². The largest absolute Gasteiger partial charge is 0.416 e. The Morgan fingerprint density at radius 1 is 1.00 bits per heavy atom. The summed E-state index contributed by atoms with van der Waals surface area (Å²) < 4.78 is 38.5. The minimum absolute atomic E-state index is 0.224. The number of aryl methyl sites for hydroxylation is 1. The summed E-state index contributed by atoms with van der Waals surface area (Å²) in [6, 6.07) is 12.8. The van der Waals surface area contributed by atoms with Crippen molar-refractivity contribution in [2.75, 3.05) is 16.4 Å². The first-order valence-electron chi connectivity index (χ1n) is 8.17. The van der Waals surface area contributed by atoms with Crippen molar-refractivity contribution in [1.82, 2.24) is 9.97 Å². The van der Waals surface area contributed by atoms with Crippen molar-refractivity contribution in [2.24, 2.45) is 0 Å². The Morgan fingerprint density at radius 2 is 1.70 bits per heavy atom. The number of halogens is 3. The molecule has 3 aromatic rings. The van der Waals surface area contributed by atoms with Gasteiger partial charge in [0.05, 0.1) is 5.56 Å². The van der Waals surface area contributed by atoms with Gasteiger partial charge in [0.1, 0.15) is 12.0 Å². The first kappa shape index (κ1) is 18.5. The molecule has 0 atom stereocenters. The van der Waals surface area contributed by atoms with Gasteiger partial charge in [-0.2, -0.15) is 13.2 Å². The molecule has 27 heavy (non-hydrogen) atoms. The summed E-state index contributed by atoms with van der Waals surface area (Å²) in [4.78, 5) is 8.13. The Hall–Kier alpha value is -3.29. The van der Waals surface area contributed by atoms with Crippen LogP contribution in [0, 0.1) is 6.92 Å². The number of rotatable bonds is 5. The van der Waals surface area contributed by atoms with Gasteiger partial charge in [0, 0.05) is 12.2 Å². The van der Waals surface area contributed by atoms with Crippen LogP contribution in [-0.4, -0.2) is 9.97 Å². The van der Waals surface area contributed by atoms with E-state index in [4.69, 9.17) is 5.73 Å². The predicted molar refractivity (Wildman–Crippen MR) is 99.7 cm³/mol. The molecule has 4 N–H and O–H groups in total. The maximum atomic E-state index is 12.8. The zero-order chi connectivity index (χ0) is 19.4. The van der Waals surface area contributed by atoms with Gasteiger partial charge in [-0.3, -0.25) is 0 Å². The van der Waals surface area contributed by atoms with E-state index in [2.05, 4.69) is 20.6 Å². The Labute approximate surface area is 154 Å². The van der Waals surface area contributed by atoms with Crippen molar-refractivity contribution >= 4 is 23.0 Å². The van der Waals surface area contributed by atoms with Crippen LogP contribution in [0.5, 0.6) is 0 Å². The highest BCUT2D eigenvalue weighted by atomic mass is 19.4. The molecule has 0 aliphatic heterocycles. The summed E-state index contributed by atoms with van der Waals surface area (Å²) in [6.07, 6.45) is -3.13. The van der Waals surface area contributed by atoms with Gasteiger partial charge in [-0.1, -0.05) is 35.9 Å². The Balaban J connectivity index is 1.76. The van der Waals surface area contributed by atoms with Gasteiger partial charge in [-0.25, -0.2) is 9.97 Å². The lowest BCUT2D eigenvalue weighted by molar-refractivity contribution is -0.137. The monoisotopic (exact) mass is 373 g/mol. The Kier molecular flexibility index (Phi) is 5.16. The molecule has 0 saturated heterocycles. The molecule has 5 nitrogen and oxygen atoms in total. The van der Waals surface area contributed by atoms with Crippen molar-refractivity contribution in [3.8, 4) is 0 Å². The maximum Gasteiger partial charge on any atom is 0.416 e. The third-order valence-corrected chi connectivity index (χ3v) is 3.92. The second kappa shape index (κ2) is 7.53. The van der Waals surface area contributed by atoms with Crippen molar-refractivity contribution < 1.29 is 13.2 Å². The van der Waals surface area contributed by atoms with Gasteiger partial charge in [-0.15, -0.1) is 0 Å². The van der Waals surface area contributed by atoms with E-state index in [9.17, 15) is 13.2 Å². The fourth-order valence-electron chi connectivity index (χ4n) is 2.44. The van der Waals surface area contributed by atoms with E-state index in [1.165, 1.54) is 18.5 Å².